The predicted octanol–water partition coefficient (Wildman–Crippen LogP) is 5.08. The van der Waals surface area contributed by atoms with E-state index in [-0.39, 0.29) is 11.7 Å². The zero-order valence-corrected chi connectivity index (χ0v) is 15.0. The molecule has 1 amide bonds. The van der Waals surface area contributed by atoms with Gasteiger partial charge in [0.2, 0.25) is 0 Å². The fraction of sp³-hybridized carbons (Fsp3) is 0.0952. The summed E-state index contributed by atoms with van der Waals surface area (Å²) in [6, 6.07) is 19.1. The minimum Gasteiger partial charge on any atom is -0.508 e. The van der Waals surface area contributed by atoms with Gasteiger partial charge in [-0.05, 0) is 48.9 Å². The molecule has 0 atom stereocenters. The summed E-state index contributed by atoms with van der Waals surface area (Å²) in [6.45, 7) is 2.22. The molecule has 5 heteroatoms. The molecule has 0 aliphatic carbocycles. The first kappa shape index (κ1) is 17.8. The van der Waals surface area contributed by atoms with Crippen LogP contribution in [-0.2, 0) is 6.54 Å². The summed E-state index contributed by atoms with van der Waals surface area (Å²) >= 11 is 6.13. The van der Waals surface area contributed by atoms with E-state index in [2.05, 4.69) is 5.32 Å². The Morgan fingerprint density at radius 2 is 1.69 bits per heavy atom. The number of phenols is 1. The number of nitrogens with one attached hydrogen (secondary N) is 1. The average molecular weight is 368 g/mol. The van der Waals surface area contributed by atoms with Crippen molar-refractivity contribution in [1.29, 1.82) is 0 Å². The smallest absolute Gasteiger partial charge is 0.255 e. The Morgan fingerprint density at radius 3 is 2.46 bits per heavy atom. The SMILES string of the molecule is Cc1c(Cl)cccc1Oc1ccccc1C(=O)NCc1ccc(O)cc1. The first-order valence-electron chi connectivity index (χ1n) is 8.12. The molecule has 132 valence electrons. The highest BCUT2D eigenvalue weighted by Gasteiger charge is 2.14. The van der Waals surface area contributed by atoms with Crippen LogP contribution in [0.15, 0.2) is 66.7 Å². The van der Waals surface area contributed by atoms with Crippen LogP contribution in [0, 0.1) is 6.92 Å². The maximum absolute atomic E-state index is 12.6. The molecule has 0 radical (unpaired) electrons. The lowest BCUT2D eigenvalue weighted by molar-refractivity contribution is 0.0948. The number of hydrogen-bond acceptors (Lipinski definition) is 3. The lowest BCUT2D eigenvalue weighted by Crippen LogP contribution is -2.23. The van der Waals surface area contributed by atoms with Crippen LogP contribution in [0.3, 0.4) is 0 Å². The Bertz CT molecular complexity index is 923. The Morgan fingerprint density at radius 1 is 1.00 bits per heavy atom. The molecule has 0 aliphatic heterocycles. The van der Waals surface area contributed by atoms with E-state index in [1.807, 2.05) is 19.1 Å². The van der Waals surface area contributed by atoms with Gasteiger partial charge in [0, 0.05) is 17.1 Å². The fourth-order valence-electron chi connectivity index (χ4n) is 2.45. The van der Waals surface area contributed by atoms with Crippen LogP contribution in [0.4, 0.5) is 0 Å². The molecule has 0 aliphatic rings. The van der Waals surface area contributed by atoms with Gasteiger partial charge in [0.1, 0.15) is 17.2 Å². The van der Waals surface area contributed by atoms with E-state index in [4.69, 9.17) is 16.3 Å². The van der Waals surface area contributed by atoms with Crippen molar-refractivity contribution < 1.29 is 14.6 Å². The summed E-state index contributed by atoms with van der Waals surface area (Å²) in [4.78, 5) is 12.6. The second-order valence-corrected chi connectivity index (χ2v) is 6.22. The van der Waals surface area contributed by atoms with Gasteiger partial charge >= 0.3 is 0 Å². The average Bonchev–Trinajstić information content (AvgIpc) is 2.65. The monoisotopic (exact) mass is 367 g/mol. The molecule has 0 unspecified atom stereocenters. The molecule has 4 nitrogen and oxygen atoms in total. The van der Waals surface area contributed by atoms with Crippen molar-refractivity contribution in [3.8, 4) is 17.2 Å². The van der Waals surface area contributed by atoms with Gasteiger partial charge in [0.05, 0.1) is 5.56 Å². The molecular formula is C21H18ClNO3. The first-order chi connectivity index (χ1) is 12.5. The molecule has 0 saturated heterocycles. The highest BCUT2D eigenvalue weighted by atomic mass is 35.5. The third-order valence-electron chi connectivity index (χ3n) is 3.96. The van der Waals surface area contributed by atoms with Crippen molar-refractivity contribution >= 4 is 17.5 Å². The Kier molecular flexibility index (Phi) is 5.44. The number of rotatable bonds is 5. The minimum absolute atomic E-state index is 0.190. The van der Waals surface area contributed by atoms with Crippen LogP contribution in [-0.4, -0.2) is 11.0 Å². The maximum atomic E-state index is 12.6. The third kappa shape index (κ3) is 4.16. The number of phenolic OH excluding ortho intramolecular Hbond substituents is 1. The second-order valence-electron chi connectivity index (χ2n) is 5.81. The largest absolute Gasteiger partial charge is 0.508 e. The van der Waals surface area contributed by atoms with Crippen molar-refractivity contribution in [3.63, 3.8) is 0 Å². The van der Waals surface area contributed by atoms with Crippen molar-refractivity contribution in [2.45, 2.75) is 13.5 Å². The summed E-state index contributed by atoms with van der Waals surface area (Å²) in [5.41, 5.74) is 2.14. The van der Waals surface area contributed by atoms with E-state index in [9.17, 15) is 9.90 Å². The molecule has 3 rings (SSSR count). The number of carbonyl (C=O) groups excluding carboxylic acids is 1. The summed E-state index contributed by atoms with van der Waals surface area (Å²) in [5, 5.41) is 12.8. The van der Waals surface area contributed by atoms with E-state index >= 15 is 0 Å². The van der Waals surface area contributed by atoms with Gasteiger partial charge in [-0.3, -0.25) is 4.79 Å². The van der Waals surface area contributed by atoms with Gasteiger partial charge in [0.15, 0.2) is 0 Å². The number of aromatic hydroxyl groups is 1. The number of amides is 1. The van der Waals surface area contributed by atoms with Crippen LogP contribution in [0.1, 0.15) is 21.5 Å². The zero-order chi connectivity index (χ0) is 18.5. The molecule has 0 aromatic heterocycles. The van der Waals surface area contributed by atoms with E-state index in [1.54, 1.807) is 54.6 Å². The van der Waals surface area contributed by atoms with Gasteiger partial charge in [0.25, 0.3) is 5.91 Å². The molecule has 3 aromatic carbocycles. The molecule has 26 heavy (non-hydrogen) atoms. The van der Waals surface area contributed by atoms with Gasteiger partial charge in [-0.25, -0.2) is 0 Å². The summed E-state index contributed by atoms with van der Waals surface area (Å²) < 4.78 is 5.93. The minimum atomic E-state index is -0.242. The highest BCUT2D eigenvalue weighted by Crippen LogP contribution is 2.31. The van der Waals surface area contributed by atoms with E-state index in [0.29, 0.717) is 28.6 Å². The van der Waals surface area contributed by atoms with Crippen molar-refractivity contribution in [2.24, 2.45) is 0 Å². The highest BCUT2D eigenvalue weighted by molar-refractivity contribution is 6.31. The topological polar surface area (TPSA) is 58.6 Å². The van der Waals surface area contributed by atoms with Gasteiger partial charge < -0.3 is 15.2 Å². The molecule has 0 bridgehead atoms. The molecule has 0 saturated carbocycles. The van der Waals surface area contributed by atoms with Crippen molar-refractivity contribution in [3.05, 3.63) is 88.4 Å². The van der Waals surface area contributed by atoms with Crippen LogP contribution in [0.5, 0.6) is 17.2 Å². The number of para-hydroxylation sites is 1. The number of ether oxygens (including phenoxy) is 1. The molecule has 2 N–H and O–H groups in total. The summed E-state index contributed by atoms with van der Waals surface area (Å²) in [5.74, 6) is 1.02. The number of halogens is 1. The van der Waals surface area contributed by atoms with Crippen LogP contribution in [0.2, 0.25) is 5.02 Å². The number of hydrogen-bond donors (Lipinski definition) is 2. The second kappa shape index (κ2) is 7.93. The predicted molar refractivity (Wildman–Crippen MR) is 102 cm³/mol. The van der Waals surface area contributed by atoms with Crippen molar-refractivity contribution in [2.75, 3.05) is 0 Å². The Labute approximate surface area is 157 Å². The Hall–Kier alpha value is -2.98. The summed E-state index contributed by atoms with van der Waals surface area (Å²) in [7, 11) is 0. The molecule has 0 spiro atoms. The van der Waals surface area contributed by atoms with Gasteiger partial charge in [-0.15, -0.1) is 0 Å². The van der Waals surface area contributed by atoms with Gasteiger partial charge in [-0.2, -0.15) is 0 Å². The number of carbonyl (C=O) groups is 1. The maximum Gasteiger partial charge on any atom is 0.255 e. The molecule has 3 aromatic rings. The molecular weight excluding hydrogens is 350 g/mol. The van der Waals surface area contributed by atoms with Crippen molar-refractivity contribution in [1.82, 2.24) is 5.32 Å². The fourth-order valence-corrected chi connectivity index (χ4v) is 2.62. The lowest BCUT2D eigenvalue weighted by Gasteiger charge is -2.13. The lowest BCUT2D eigenvalue weighted by atomic mass is 10.1. The quantitative estimate of drug-likeness (QED) is 0.661. The zero-order valence-electron chi connectivity index (χ0n) is 14.2. The van der Waals surface area contributed by atoms with Crippen LogP contribution < -0.4 is 10.1 Å². The number of benzene rings is 3. The van der Waals surface area contributed by atoms with Crippen LogP contribution >= 0.6 is 11.6 Å². The molecule has 0 fully saturated rings. The third-order valence-corrected chi connectivity index (χ3v) is 4.37. The van der Waals surface area contributed by atoms with Gasteiger partial charge in [-0.1, -0.05) is 41.9 Å². The molecule has 0 heterocycles. The standard InChI is InChI=1S/C21H18ClNO3/c1-14-18(22)6-4-8-19(14)26-20-7-3-2-5-17(20)21(25)23-13-15-9-11-16(24)12-10-15/h2-12,24H,13H2,1H3,(H,23,25). The van der Waals surface area contributed by atoms with E-state index in [1.165, 1.54) is 0 Å². The Balaban J connectivity index is 1.76. The van der Waals surface area contributed by atoms with E-state index in [0.717, 1.165) is 11.1 Å². The van der Waals surface area contributed by atoms with E-state index < -0.39 is 0 Å². The summed E-state index contributed by atoms with van der Waals surface area (Å²) in [6.07, 6.45) is 0. The first-order valence-corrected chi connectivity index (χ1v) is 8.50. The van der Waals surface area contributed by atoms with Crippen LogP contribution in [0.25, 0.3) is 0 Å². The normalized spacial score (nSPS) is 10.4.